The van der Waals surface area contributed by atoms with Crippen LogP contribution in [0.15, 0.2) is 40.8 Å². The zero-order valence-corrected chi connectivity index (χ0v) is 17.3. The van der Waals surface area contributed by atoms with Gasteiger partial charge in [-0.2, -0.15) is 4.31 Å². The Morgan fingerprint density at radius 3 is 2.62 bits per heavy atom. The van der Waals surface area contributed by atoms with Crippen LogP contribution in [0.3, 0.4) is 0 Å². The summed E-state index contributed by atoms with van der Waals surface area (Å²) < 4.78 is 46.3. The first-order chi connectivity index (χ1) is 13.8. The van der Waals surface area contributed by atoms with Crippen LogP contribution in [-0.2, 0) is 19.6 Å². The number of hydrogen-bond acceptors (Lipinski definition) is 5. The number of hydrogen-bond donors (Lipinski definition) is 0. The van der Waals surface area contributed by atoms with Crippen LogP contribution in [0, 0.1) is 5.82 Å². The number of benzene rings is 1. The Kier molecular flexibility index (Phi) is 6.87. The van der Waals surface area contributed by atoms with Gasteiger partial charge in [0.05, 0.1) is 17.2 Å². The first-order valence-electron chi connectivity index (χ1n) is 9.36. The molecule has 156 valence electrons. The van der Waals surface area contributed by atoms with E-state index in [-0.39, 0.29) is 29.4 Å². The quantitative estimate of drug-likeness (QED) is 0.629. The lowest BCUT2D eigenvalue weighted by Crippen LogP contribution is -2.36. The summed E-state index contributed by atoms with van der Waals surface area (Å²) in [5.74, 6) is -1.93. The van der Waals surface area contributed by atoms with Gasteiger partial charge in [0.1, 0.15) is 10.7 Å². The van der Waals surface area contributed by atoms with Gasteiger partial charge < -0.3 is 4.74 Å². The Labute approximate surface area is 174 Å². The van der Waals surface area contributed by atoms with Crippen molar-refractivity contribution in [2.45, 2.75) is 37.0 Å². The molecular weight excluding hydrogens is 421 g/mol. The molecule has 0 spiro atoms. The van der Waals surface area contributed by atoms with Crippen LogP contribution < -0.4 is 0 Å². The molecule has 1 fully saturated rings. The van der Waals surface area contributed by atoms with Gasteiger partial charge in [0.15, 0.2) is 5.78 Å². The number of carbonyl (C=O) groups is 2. The van der Waals surface area contributed by atoms with Gasteiger partial charge in [-0.1, -0.05) is 36.2 Å². The van der Waals surface area contributed by atoms with Crippen LogP contribution >= 0.6 is 11.6 Å². The summed E-state index contributed by atoms with van der Waals surface area (Å²) in [6, 6.07) is 1.74. The Bertz CT molecular complexity index is 981. The Balaban J connectivity index is 1.76. The Hall–Kier alpha value is -2.03. The molecule has 1 heterocycles. The molecule has 0 radical (unpaired) electrons. The van der Waals surface area contributed by atoms with Gasteiger partial charge in [-0.25, -0.2) is 17.6 Å². The van der Waals surface area contributed by atoms with Crippen molar-refractivity contribution in [2.24, 2.45) is 0 Å². The van der Waals surface area contributed by atoms with Crippen molar-refractivity contribution < 1.29 is 27.1 Å². The minimum atomic E-state index is -4.08. The molecule has 1 aliphatic carbocycles. The SMILES string of the molecule is O=C1CC=CC=C1CCOC(=O)c1cc(S(=O)(=O)N2CCCCC2)c(F)cc1Cl. The van der Waals surface area contributed by atoms with Gasteiger partial charge in [0, 0.05) is 25.9 Å². The second-order valence-electron chi connectivity index (χ2n) is 6.86. The lowest BCUT2D eigenvalue weighted by molar-refractivity contribution is -0.115. The van der Waals surface area contributed by atoms with Gasteiger partial charge in [-0.05, 0) is 30.5 Å². The first-order valence-corrected chi connectivity index (χ1v) is 11.2. The fourth-order valence-corrected chi connectivity index (χ4v) is 5.08. The zero-order chi connectivity index (χ0) is 21.0. The number of ketones is 1. The van der Waals surface area contributed by atoms with E-state index in [1.54, 1.807) is 18.2 Å². The molecular formula is C20H21ClFNO5S. The van der Waals surface area contributed by atoms with Crippen LogP contribution in [0.4, 0.5) is 4.39 Å². The number of halogens is 2. The second kappa shape index (κ2) is 9.19. The normalized spacial score (nSPS) is 17.9. The molecule has 1 saturated heterocycles. The molecule has 1 aromatic carbocycles. The highest BCUT2D eigenvalue weighted by atomic mass is 35.5. The molecule has 0 atom stereocenters. The molecule has 1 aliphatic heterocycles. The van der Waals surface area contributed by atoms with Gasteiger partial charge in [-0.15, -0.1) is 0 Å². The number of Topliss-reactive ketones (excluding diaryl/α,β-unsaturated/α-hetero) is 1. The van der Waals surface area contributed by atoms with Crippen LogP contribution in [-0.4, -0.2) is 44.2 Å². The molecule has 1 aromatic rings. The van der Waals surface area contributed by atoms with E-state index >= 15 is 0 Å². The summed E-state index contributed by atoms with van der Waals surface area (Å²) in [5.41, 5.74) is 0.311. The molecule has 2 aliphatic rings. The highest BCUT2D eigenvalue weighted by Gasteiger charge is 2.30. The summed E-state index contributed by atoms with van der Waals surface area (Å²) in [6.07, 6.45) is 8.01. The fraction of sp³-hybridized carbons (Fsp3) is 0.400. The predicted molar refractivity (Wildman–Crippen MR) is 106 cm³/mol. The predicted octanol–water partition coefficient (Wildman–Crippen LogP) is 3.66. The summed E-state index contributed by atoms with van der Waals surface area (Å²) in [6.45, 7) is 0.537. The minimum absolute atomic E-state index is 0.0433. The van der Waals surface area contributed by atoms with E-state index in [9.17, 15) is 22.4 Å². The number of nitrogens with zero attached hydrogens (tertiary/aromatic N) is 1. The Morgan fingerprint density at radius 2 is 1.93 bits per heavy atom. The van der Waals surface area contributed by atoms with Crippen molar-refractivity contribution >= 4 is 33.4 Å². The first kappa shape index (κ1) is 21.7. The number of ether oxygens (including phenoxy) is 1. The fourth-order valence-electron chi connectivity index (χ4n) is 3.27. The van der Waals surface area contributed by atoms with Crippen LogP contribution in [0.1, 0.15) is 42.5 Å². The second-order valence-corrected chi connectivity index (χ2v) is 9.17. The van der Waals surface area contributed by atoms with E-state index in [0.29, 0.717) is 37.9 Å². The number of esters is 1. The topological polar surface area (TPSA) is 80.8 Å². The maximum absolute atomic E-state index is 14.4. The molecule has 0 saturated carbocycles. The average molecular weight is 442 g/mol. The zero-order valence-electron chi connectivity index (χ0n) is 15.7. The third-order valence-corrected chi connectivity index (χ3v) is 7.10. The van der Waals surface area contributed by atoms with Gasteiger partial charge in [0.25, 0.3) is 0 Å². The van der Waals surface area contributed by atoms with E-state index < -0.39 is 26.7 Å². The summed E-state index contributed by atoms with van der Waals surface area (Å²) in [7, 11) is -4.08. The average Bonchev–Trinajstić information content (AvgIpc) is 2.70. The number of carbonyl (C=O) groups excluding carboxylic acids is 2. The summed E-state index contributed by atoms with van der Waals surface area (Å²) >= 11 is 5.96. The highest BCUT2D eigenvalue weighted by molar-refractivity contribution is 7.89. The maximum atomic E-state index is 14.4. The molecule has 6 nitrogen and oxygen atoms in total. The lowest BCUT2D eigenvalue weighted by Gasteiger charge is -2.26. The third kappa shape index (κ3) is 4.94. The van der Waals surface area contributed by atoms with Crippen LogP contribution in [0.5, 0.6) is 0 Å². The smallest absolute Gasteiger partial charge is 0.339 e. The van der Waals surface area contributed by atoms with E-state index in [1.807, 2.05) is 0 Å². The third-order valence-electron chi connectivity index (χ3n) is 4.87. The summed E-state index contributed by atoms with van der Waals surface area (Å²) in [4.78, 5) is 23.6. The molecule has 29 heavy (non-hydrogen) atoms. The lowest BCUT2D eigenvalue weighted by atomic mass is 10.0. The molecule has 0 amide bonds. The van der Waals surface area contributed by atoms with Crippen molar-refractivity contribution in [1.29, 1.82) is 0 Å². The molecule has 0 aromatic heterocycles. The van der Waals surface area contributed by atoms with Crippen molar-refractivity contribution in [3.05, 3.63) is 52.3 Å². The van der Waals surface area contributed by atoms with E-state index in [0.717, 1.165) is 18.6 Å². The van der Waals surface area contributed by atoms with Gasteiger partial charge in [0.2, 0.25) is 10.0 Å². The number of piperidine rings is 1. The maximum Gasteiger partial charge on any atom is 0.339 e. The van der Waals surface area contributed by atoms with Gasteiger partial charge in [-0.3, -0.25) is 4.79 Å². The van der Waals surface area contributed by atoms with Crippen molar-refractivity contribution in [3.63, 3.8) is 0 Å². The molecule has 0 unspecified atom stereocenters. The minimum Gasteiger partial charge on any atom is -0.462 e. The number of sulfonamides is 1. The van der Waals surface area contributed by atoms with E-state index in [2.05, 4.69) is 0 Å². The van der Waals surface area contributed by atoms with E-state index in [4.69, 9.17) is 16.3 Å². The van der Waals surface area contributed by atoms with Crippen LogP contribution in [0.2, 0.25) is 5.02 Å². The highest BCUT2D eigenvalue weighted by Crippen LogP contribution is 2.28. The van der Waals surface area contributed by atoms with Crippen LogP contribution in [0.25, 0.3) is 0 Å². The van der Waals surface area contributed by atoms with Crippen molar-refractivity contribution in [2.75, 3.05) is 19.7 Å². The largest absolute Gasteiger partial charge is 0.462 e. The molecule has 3 rings (SSSR count). The number of rotatable bonds is 6. The van der Waals surface area contributed by atoms with E-state index in [1.165, 1.54) is 4.31 Å². The van der Waals surface area contributed by atoms with Crippen molar-refractivity contribution in [3.8, 4) is 0 Å². The van der Waals surface area contributed by atoms with Crippen molar-refractivity contribution in [1.82, 2.24) is 4.31 Å². The molecule has 0 N–H and O–H groups in total. The number of allylic oxidation sites excluding steroid dienone is 3. The summed E-state index contributed by atoms with van der Waals surface area (Å²) in [5, 5.41) is -0.235. The molecule has 9 heteroatoms. The Morgan fingerprint density at radius 1 is 1.21 bits per heavy atom. The standard InChI is InChI=1S/C20H21ClFNO5S/c21-16-13-17(22)19(29(26,27)23-9-4-1-5-10-23)12-15(16)20(25)28-11-8-14-6-2-3-7-18(14)24/h2-3,6,12-13H,1,4-5,7-11H2. The molecule has 0 bridgehead atoms. The monoisotopic (exact) mass is 441 g/mol. The van der Waals surface area contributed by atoms with Gasteiger partial charge >= 0.3 is 5.97 Å².